The van der Waals surface area contributed by atoms with Crippen molar-refractivity contribution in [3.8, 4) is 0 Å². The van der Waals surface area contributed by atoms with Gasteiger partial charge >= 0.3 is 5.69 Å². The third-order valence-corrected chi connectivity index (χ3v) is 6.43. The molecule has 2 aromatic heterocycles. The molecule has 31 heavy (non-hydrogen) atoms. The Hall–Kier alpha value is -3.01. The van der Waals surface area contributed by atoms with Gasteiger partial charge in [-0.15, -0.1) is 0 Å². The van der Waals surface area contributed by atoms with Crippen molar-refractivity contribution < 1.29 is 9.18 Å². The summed E-state index contributed by atoms with van der Waals surface area (Å²) in [5.41, 5.74) is -0.335. The third-order valence-electron chi connectivity index (χ3n) is 5.45. The molecule has 1 saturated carbocycles. The van der Waals surface area contributed by atoms with Crippen LogP contribution < -0.4 is 16.6 Å². The number of hydrogen-bond acceptors (Lipinski definition) is 6. The Kier molecular flexibility index (Phi) is 5.90. The predicted molar refractivity (Wildman–Crippen MR) is 117 cm³/mol. The summed E-state index contributed by atoms with van der Waals surface area (Å²) in [5, 5.41) is 3.23. The summed E-state index contributed by atoms with van der Waals surface area (Å²) in [4.78, 5) is 46.9. The van der Waals surface area contributed by atoms with Gasteiger partial charge in [-0.1, -0.05) is 30.7 Å². The minimum Gasteiger partial charge on any atom is -0.325 e. The molecule has 4 rings (SSSR count). The van der Waals surface area contributed by atoms with Gasteiger partial charge in [0.1, 0.15) is 22.1 Å². The summed E-state index contributed by atoms with van der Waals surface area (Å²) < 4.78 is 15.7. The molecule has 0 bridgehead atoms. The lowest BCUT2D eigenvalue weighted by atomic mass is 10.1. The van der Waals surface area contributed by atoms with Crippen LogP contribution in [-0.2, 0) is 18.9 Å². The van der Waals surface area contributed by atoms with Gasteiger partial charge in [0.15, 0.2) is 5.65 Å². The molecule has 1 aliphatic rings. The van der Waals surface area contributed by atoms with E-state index in [1.165, 1.54) is 29.8 Å². The molecule has 0 saturated heterocycles. The van der Waals surface area contributed by atoms with Crippen molar-refractivity contribution in [1.82, 2.24) is 19.1 Å². The number of rotatable bonds is 5. The van der Waals surface area contributed by atoms with E-state index in [1.807, 2.05) is 0 Å². The van der Waals surface area contributed by atoms with Crippen LogP contribution >= 0.6 is 11.8 Å². The molecule has 1 aliphatic carbocycles. The first kappa shape index (κ1) is 21.2. The molecular weight excluding hydrogens is 421 g/mol. The Morgan fingerprint density at radius 2 is 1.94 bits per heavy atom. The molecule has 1 aromatic carbocycles. The first-order valence-corrected chi connectivity index (χ1v) is 11.0. The van der Waals surface area contributed by atoms with Crippen LogP contribution in [0.4, 0.5) is 10.1 Å². The van der Waals surface area contributed by atoms with Crippen molar-refractivity contribution in [3.05, 3.63) is 56.7 Å². The Morgan fingerprint density at radius 3 is 2.65 bits per heavy atom. The average molecular weight is 444 g/mol. The highest BCUT2D eigenvalue weighted by Gasteiger charge is 2.24. The number of halogens is 1. The molecule has 10 heteroatoms. The van der Waals surface area contributed by atoms with Gasteiger partial charge in [0.05, 0.1) is 5.75 Å². The minimum absolute atomic E-state index is 0.0290. The summed E-state index contributed by atoms with van der Waals surface area (Å²) in [5.74, 6) is -0.0618. The van der Waals surface area contributed by atoms with Gasteiger partial charge in [0, 0.05) is 25.7 Å². The highest BCUT2D eigenvalue weighted by Crippen LogP contribution is 2.34. The second-order valence-corrected chi connectivity index (χ2v) is 8.58. The van der Waals surface area contributed by atoms with Crippen LogP contribution in [0.3, 0.4) is 0 Å². The number of aryl methyl sites for hydroxylation is 1. The van der Waals surface area contributed by atoms with Crippen molar-refractivity contribution in [2.45, 2.75) is 36.6 Å². The molecule has 0 radical (unpaired) electrons. The Labute approximate surface area is 181 Å². The number of benzene rings is 1. The maximum absolute atomic E-state index is 13.3. The lowest BCUT2D eigenvalue weighted by Gasteiger charge is -2.14. The van der Waals surface area contributed by atoms with Gasteiger partial charge in [0.25, 0.3) is 5.56 Å². The van der Waals surface area contributed by atoms with Crippen molar-refractivity contribution in [1.29, 1.82) is 0 Å². The average Bonchev–Trinajstić information content (AvgIpc) is 3.29. The van der Waals surface area contributed by atoms with E-state index in [-0.39, 0.29) is 28.6 Å². The fraction of sp³-hybridized carbons (Fsp3) is 0.381. The summed E-state index contributed by atoms with van der Waals surface area (Å²) >= 11 is 1.11. The first-order valence-electron chi connectivity index (χ1n) is 10.0. The van der Waals surface area contributed by atoms with Gasteiger partial charge < -0.3 is 5.32 Å². The quantitative estimate of drug-likeness (QED) is 0.481. The number of carbonyl (C=O) groups excluding carboxylic acids is 1. The molecule has 1 fully saturated rings. The Bertz CT molecular complexity index is 1280. The summed E-state index contributed by atoms with van der Waals surface area (Å²) in [6.07, 6.45) is 4.07. The maximum atomic E-state index is 13.3. The second-order valence-electron chi connectivity index (χ2n) is 7.62. The molecule has 1 amide bonds. The number of thioether (sulfide) groups is 1. The normalized spacial score (nSPS) is 14.3. The molecule has 0 unspecified atom stereocenters. The molecule has 3 aromatic rings. The van der Waals surface area contributed by atoms with Crippen molar-refractivity contribution in [3.63, 3.8) is 0 Å². The zero-order valence-corrected chi connectivity index (χ0v) is 18.0. The molecule has 8 nitrogen and oxygen atoms in total. The Balaban J connectivity index is 1.70. The SMILES string of the molecule is Cn1c(=O)c2c(SCC(=O)Nc3cccc(F)c3)nc(C3CCCC3)nc2n(C)c1=O. The van der Waals surface area contributed by atoms with Crippen molar-refractivity contribution in [2.75, 3.05) is 11.1 Å². The van der Waals surface area contributed by atoms with E-state index in [0.29, 0.717) is 16.5 Å². The van der Waals surface area contributed by atoms with Crippen LogP contribution in [0.25, 0.3) is 11.0 Å². The van der Waals surface area contributed by atoms with E-state index in [9.17, 15) is 18.8 Å². The number of amides is 1. The van der Waals surface area contributed by atoms with Crippen LogP contribution in [0.2, 0.25) is 0 Å². The van der Waals surface area contributed by atoms with Crippen LogP contribution in [0.1, 0.15) is 37.4 Å². The van der Waals surface area contributed by atoms with Crippen LogP contribution in [0.5, 0.6) is 0 Å². The highest BCUT2D eigenvalue weighted by molar-refractivity contribution is 8.00. The Morgan fingerprint density at radius 1 is 1.19 bits per heavy atom. The van der Waals surface area contributed by atoms with Crippen molar-refractivity contribution >= 4 is 34.4 Å². The van der Waals surface area contributed by atoms with E-state index >= 15 is 0 Å². The number of nitrogens with one attached hydrogen (secondary N) is 1. The largest absolute Gasteiger partial charge is 0.332 e. The number of fused-ring (bicyclic) bond motifs is 1. The number of aromatic nitrogens is 4. The lowest BCUT2D eigenvalue weighted by Crippen LogP contribution is -2.38. The highest BCUT2D eigenvalue weighted by atomic mass is 32.2. The van der Waals surface area contributed by atoms with E-state index in [0.717, 1.165) is 42.0 Å². The fourth-order valence-electron chi connectivity index (χ4n) is 3.81. The predicted octanol–water partition coefficient (Wildman–Crippen LogP) is 2.55. The molecule has 0 aliphatic heterocycles. The lowest BCUT2D eigenvalue weighted by molar-refractivity contribution is -0.113. The number of nitrogens with zero attached hydrogens (tertiary/aromatic N) is 4. The standard InChI is InChI=1S/C21H22FN5O3S/c1-26-18-16(20(29)27(2)21(26)30)19(25-17(24-18)12-6-3-4-7-12)31-11-15(28)23-14-9-5-8-13(22)10-14/h5,8-10,12H,3-4,6-7,11H2,1-2H3,(H,23,28). The molecule has 0 spiro atoms. The third kappa shape index (κ3) is 4.25. The van der Waals surface area contributed by atoms with Crippen LogP contribution in [0.15, 0.2) is 38.9 Å². The van der Waals surface area contributed by atoms with Gasteiger partial charge in [-0.2, -0.15) is 0 Å². The van der Waals surface area contributed by atoms with E-state index < -0.39 is 17.1 Å². The van der Waals surface area contributed by atoms with Crippen molar-refractivity contribution in [2.24, 2.45) is 14.1 Å². The van der Waals surface area contributed by atoms with E-state index in [2.05, 4.69) is 15.3 Å². The summed E-state index contributed by atoms with van der Waals surface area (Å²) in [7, 11) is 2.97. The maximum Gasteiger partial charge on any atom is 0.332 e. The van der Waals surface area contributed by atoms with E-state index in [1.54, 1.807) is 13.1 Å². The van der Waals surface area contributed by atoms with Crippen LogP contribution in [0, 0.1) is 5.82 Å². The molecule has 2 heterocycles. The van der Waals surface area contributed by atoms with Gasteiger partial charge in [-0.25, -0.2) is 19.2 Å². The summed E-state index contributed by atoms with van der Waals surface area (Å²) in [6.45, 7) is 0. The van der Waals surface area contributed by atoms with Gasteiger partial charge in [-0.3, -0.25) is 18.7 Å². The monoisotopic (exact) mass is 443 g/mol. The zero-order chi connectivity index (χ0) is 22.1. The number of hydrogen-bond donors (Lipinski definition) is 1. The molecular formula is C21H22FN5O3S. The first-order chi connectivity index (χ1) is 14.8. The number of anilines is 1. The van der Waals surface area contributed by atoms with Gasteiger partial charge in [0.2, 0.25) is 5.91 Å². The molecule has 162 valence electrons. The smallest absolute Gasteiger partial charge is 0.325 e. The minimum atomic E-state index is -0.496. The fourth-order valence-corrected chi connectivity index (χ4v) is 4.63. The number of carbonyl (C=O) groups is 1. The van der Waals surface area contributed by atoms with E-state index in [4.69, 9.17) is 0 Å². The topological polar surface area (TPSA) is 98.9 Å². The molecule has 0 atom stereocenters. The second kappa shape index (κ2) is 8.62. The molecule has 1 N–H and O–H groups in total. The van der Waals surface area contributed by atoms with Gasteiger partial charge in [-0.05, 0) is 31.0 Å². The van der Waals surface area contributed by atoms with Crippen LogP contribution in [-0.4, -0.2) is 30.8 Å². The summed E-state index contributed by atoms with van der Waals surface area (Å²) in [6, 6.07) is 5.62. The zero-order valence-electron chi connectivity index (χ0n) is 17.2.